The van der Waals surface area contributed by atoms with Crippen molar-refractivity contribution in [3.05, 3.63) is 93.8 Å². The van der Waals surface area contributed by atoms with Gasteiger partial charge in [0.05, 0.1) is 16.4 Å². The first-order chi connectivity index (χ1) is 20.0. The maximum absolute atomic E-state index is 14.8. The highest BCUT2D eigenvalue weighted by Crippen LogP contribution is 2.39. The van der Waals surface area contributed by atoms with Crippen molar-refractivity contribution in [2.45, 2.75) is 84.0 Å². The number of aryl methyl sites for hydroxylation is 1. The van der Waals surface area contributed by atoms with Gasteiger partial charge in [-0.15, -0.1) is 0 Å². The normalized spacial score (nSPS) is 20.6. The van der Waals surface area contributed by atoms with E-state index in [9.17, 15) is 13.6 Å². The lowest BCUT2D eigenvalue weighted by molar-refractivity contribution is 0.0978. The molecule has 0 amide bonds. The topological polar surface area (TPSA) is 41.5 Å². The van der Waals surface area contributed by atoms with Crippen molar-refractivity contribution in [1.82, 2.24) is 0 Å². The predicted octanol–water partition coefficient (Wildman–Crippen LogP) is 10.3. The molecule has 3 nitrogen and oxygen atoms in total. The van der Waals surface area contributed by atoms with Crippen LogP contribution in [0.15, 0.2) is 65.4 Å². The van der Waals surface area contributed by atoms with Crippen molar-refractivity contribution in [1.29, 1.82) is 0 Å². The summed E-state index contributed by atoms with van der Waals surface area (Å²) in [5.74, 6) is -0.992. The predicted molar refractivity (Wildman–Crippen MR) is 166 cm³/mol. The van der Waals surface area contributed by atoms with Gasteiger partial charge in [0, 0.05) is 35.4 Å². The van der Waals surface area contributed by atoms with Gasteiger partial charge in [-0.2, -0.15) is 0 Å². The molecule has 1 aliphatic heterocycles. The van der Waals surface area contributed by atoms with Crippen LogP contribution < -0.4 is 5.32 Å². The third kappa shape index (κ3) is 6.89. The van der Waals surface area contributed by atoms with E-state index in [1.54, 1.807) is 6.20 Å². The fraction of sp³-hybridized carbons (Fsp3) is 0.429. The number of anilines is 1. The van der Waals surface area contributed by atoms with Crippen molar-refractivity contribution < 1.29 is 13.6 Å². The molecular formula is C35H39ClF2N2O. The minimum Gasteiger partial charge on any atom is -0.354 e. The van der Waals surface area contributed by atoms with Gasteiger partial charge < -0.3 is 5.32 Å². The van der Waals surface area contributed by atoms with Crippen molar-refractivity contribution in [3.63, 3.8) is 0 Å². The molecule has 5 rings (SSSR count). The molecule has 2 aromatic carbocycles. The Morgan fingerprint density at radius 3 is 2.66 bits per heavy atom. The standard InChI is InChI=1S/C35H39ClF2N2O/c1-2-24-21-25(17-18-26(24)32(41)16-9-4-3-6-11-23-12-10-13-23)40-31-15-8-5-7-14-28-29(22-39-35(28)31)27-19-20-30(36)34(38)33(27)37/h5,8,15,17-23,28,40H,2-4,6-7,9-14,16H2,1H3/b8-5-,31-15+. The number of benzene rings is 2. The number of nitrogens with zero attached hydrogens (tertiary/aromatic N) is 1. The molecule has 2 aromatic rings. The molecule has 1 saturated carbocycles. The van der Waals surface area contributed by atoms with E-state index in [0.29, 0.717) is 12.0 Å². The first-order valence-electron chi connectivity index (χ1n) is 15.2. The number of Topliss-reactive ketones (excluding diaryl/α,β-unsaturated/α-hetero) is 1. The second-order valence-corrected chi connectivity index (χ2v) is 11.9. The number of nitrogens with one attached hydrogen (secondary N) is 1. The van der Waals surface area contributed by atoms with E-state index >= 15 is 0 Å². The van der Waals surface area contributed by atoms with E-state index in [0.717, 1.165) is 66.2 Å². The number of hydrogen-bond acceptors (Lipinski definition) is 3. The van der Waals surface area contributed by atoms with Crippen molar-refractivity contribution >= 4 is 34.4 Å². The maximum Gasteiger partial charge on any atom is 0.178 e. The number of hydrogen-bond donors (Lipinski definition) is 1. The molecule has 0 spiro atoms. The first-order valence-corrected chi connectivity index (χ1v) is 15.6. The summed E-state index contributed by atoms with van der Waals surface area (Å²) in [7, 11) is 0. The second-order valence-electron chi connectivity index (χ2n) is 11.5. The van der Waals surface area contributed by atoms with Gasteiger partial charge in [0.2, 0.25) is 0 Å². The van der Waals surface area contributed by atoms with E-state index in [-0.39, 0.29) is 22.3 Å². The van der Waals surface area contributed by atoms with Crippen LogP contribution in [0.5, 0.6) is 0 Å². The lowest BCUT2D eigenvalue weighted by atomic mass is 9.81. The highest BCUT2D eigenvalue weighted by Gasteiger charge is 2.31. The number of halogens is 3. The molecule has 216 valence electrons. The Kier molecular flexibility index (Phi) is 9.87. The average Bonchev–Trinajstić information content (AvgIpc) is 3.34. The maximum atomic E-state index is 14.8. The minimum absolute atomic E-state index is 0.186. The molecule has 0 radical (unpaired) electrons. The highest BCUT2D eigenvalue weighted by atomic mass is 35.5. The highest BCUT2D eigenvalue weighted by molar-refractivity contribution is 6.30. The number of allylic oxidation sites excluding steroid dienone is 5. The third-order valence-electron chi connectivity index (χ3n) is 8.75. The van der Waals surface area contributed by atoms with Crippen LogP contribution in [0.1, 0.15) is 99.0 Å². The number of carbonyl (C=O) groups excluding carboxylic acids is 1. The summed E-state index contributed by atoms with van der Waals surface area (Å²) in [5.41, 5.74) is 5.12. The molecule has 1 heterocycles. The molecule has 1 atom stereocenters. The summed E-state index contributed by atoms with van der Waals surface area (Å²) in [5, 5.41) is 3.26. The van der Waals surface area contributed by atoms with Crippen LogP contribution in [-0.4, -0.2) is 11.5 Å². The molecule has 3 aliphatic rings. The largest absolute Gasteiger partial charge is 0.354 e. The number of carbonyl (C=O) groups is 1. The third-order valence-corrected chi connectivity index (χ3v) is 9.04. The van der Waals surface area contributed by atoms with Gasteiger partial charge in [0.25, 0.3) is 0 Å². The second kappa shape index (κ2) is 13.7. The number of unbranched alkanes of at least 4 members (excludes halogenated alkanes) is 3. The van der Waals surface area contributed by atoms with Crippen molar-refractivity contribution in [3.8, 4) is 0 Å². The fourth-order valence-corrected chi connectivity index (χ4v) is 6.26. The Balaban J connectivity index is 1.24. The van der Waals surface area contributed by atoms with Crippen LogP contribution in [-0.2, 0) is 6.42 Å². The Hall–Kier alpha value is -3.05. The molecule has 1 unspecified atom stereocenters. The van der Waals surface area contributed by atoms with Gasteiger partial charge in [-0.1, -0.05) is 75.6 Å². The quantitative estimate of drug-likeness (QED) is 0.155. The van der Waals surface area contributed by atoms with E-state index in [1.807, 2.05) is 30.4 Å². The summed E-state index contributed by atoms with van der Waals surface area (Å²) in [4.78, 5) is 17.7. The Morgan fingerprint density at radius 2 is 1.88 bits per heavy atom. The van der Waals surface area contributed by atoms with Crippen LogP contribution in [0, 0.1) is 23.5 Å². The molecule has 6 heteroatoms. The first kappa shape index (κ1) is 29.4. The summed E-state index contributed by atoms with van der Waals surface area (Å²) < 4.78 is 29.1. The lowest BCUT2D eigenvalue weighted by Gasteiger charge is -2.24. The smallest absolute Gasteiger partial charge is 0.178 e. The number of rotatable bonds is 12. The zero-order valence-electron chi connectivity index (χ0n) is 23.8. The molecule has 41 heavy (non-hydrogen) atoms. The summed E-state index contributed by atoms with van der Waals surface area (Å²) in [6.45, 7) is 2.07. The Labute approximate surface area is 247 Å². The van der Waals surface area contributed by atoms with E-state index in [4.69, 9.17) is 11.6 Å². The van der Waals surface area contributed by atoms with Crippen LogP contribution in [0.25, 0.3) is 5.57 Å². The van der Waals surface area contributed by atoms with Crippen LogP contribution in [0.3, 0.4) is 0 Å². The monoisotopic (exact) mass is 576 g/mol. The van der Waals surface area contributed by atoms with Gasteiger partial charge in [0.1, 0.15) is 0 Å². The molecule has 0 aromatic heterocycles. The van der Waals surface area contributed by atoms with E-state index in [2.05, 4.69) is 23.3 Å². The van der Waals surface area contributed by atoms with Gasteiger partial charge in [-0.05, 0) is 79.1 Å². The number of aliphatic imine (C=N–C) groups is 1. The molecule has 1 N–H and O–H groups in total. The zero-order valence-corrected chi connectivity index (χ0v) is 24.6. The average molecular weight is 577 g/mol. The molecule has 2 aliphatic carbocycles. The summed E-state index contributed by atoms with van der Waals surface area (Å²) in [6, 6.07) is 8.83. The van der Waals surface area contributed by atoms with Gasteiger partial charge in [-0.3, -0.25) is 9.79 Å². The lowest BCUT2D eigenvalue weighted by Crippen LogP contribution is -2.21. The molecule has 1 fully saturated rings. The van der Waals surface area contributed by atoms with E-state index < -0.39 is 11.6 Å². The Bertz CT molecular complexity index is 1400. The number of ketones is 1. The summed E-state index contributed by atoms with van der Waals surface area (Å²) in [6.07, 6.45) is 20.7. The van der Waals surface area contributed by atoms with E-state index in [1.165, 1.54) is 50.7 Å². The zero-order chi connectivity index (χ0) is 28.8. The molecular weight excluding hydrogens is 538 g/mol. The van der Waals surface area contributed by atoms with Gasteiger partial charge in [-0.25, -0.2) is 8.78 Å². The number of fused-ring (bicyclic) bond motifs is 1. The SMILES string of the molecule is CCc1cc(N/C2=C/C=C\CCC3C(c4ccc(Cl)c(F)c4F)=CN=C23)ccc1C(=O)CCCCCCC1CCC1. The fourth-order valence-electron chi connectivity index (χ4n) is 6.12. The molecule has 0 bridgehead atoms. The Morgan fingerprint density at radius 1 is 1.05 bits per heavy atom. The van der Waals surface area contributed by atoms with Crippen molar-refractivity contribution in [2.24, 2.45) is 16.8 Å². The van der Waals surface area contributed by atoms with Gasteiger partial charge >= 0.3 is 0 Å². The van der Waals surface area contributed by atoms with Crippen LogP contribution in [0.4, 0.5) is 14.5 Å². The van der Waals surface area contributed by atoms with Crippen molar-refractivity contribution in [2.75, 3.05) is 5.32 Å². The summed E-state index contributed by atoms with van der Waals surface area (Å²) >= 11 is 5.79. The van der Waals surface area contributed by atoms with Gasteiger partial charge in [0.15, 0.2) is 17.4 Å². The van der Waals surface area contributed by atoms with Crippen LogP contribution in [0.2, 0.25) is 5.02 Å². The molecule has 0 saturated heterocycles. The van der Waals surface area contributed by atoms with Crippen LogP contribution >= 0.6 is 11.6 Å². The minimum atomic E-state index is -1.04.